The summed E-state index contributed by atoms with van der Waals surface area (Å²) in [5, 5.41) is 1.15. The minimum Gasteiger partial charge on any atom is -0.378 e. The van der Waals surface area contributed by atoms with Crippen LogP contribution in [0, 0.1) is 0 Å². The summed E-state index contributed by atoms with van der Waals surface area (Å²) < 4.78 is 0. The molecule has 2 aromatic rings. The molecule has 2 rings (SSSR count). The number of H-pyrrole nitrogens is 1. The number of nitrogens with zero attached hydrogens (tertiary/aromatic N) is 1. The Hall–Kier alpha value is -1.77. The van der Waals surface area contributed by atoms with Crippen LogP contribution in [0.1, 0.15) is 18.9 Å². The molecule has 1 aromatic heterocycles. The summed E-state index contributed by atoms with van der Waals surface area (Å²) >= 11 is 0. The quantitative estimate of drug-likeness (QED) is 0.879. The van der Waals surface area contributed by atoms with Gasteiger partial charge in [-0.15, -0.1) is 0 Å². The molecule has 17 heavy (non-hydrogen) atoms. The fourth-order valence-electron chi connectivity index (χ4n) is 2.07. The second kappa shape index (κ2) is 4.62. The largest absolute Gasteiger partial charge is 0.378 e. The van der Waals surface area contributed by atoms with Crippen molar-refractivity contribution in [1.82, 2.24) is 4.98 Å². The van der Waals surface area contributed by atoms with Gasteiger partial charge in [-0.05, 0) is 24.1 Å². The molecular weight excluding hydrogens is 212 g/mol. The summed E-state index contributed by atoms with van der Waals surface area (Å²) in [6, 6.07) is 7.91. The normalized spacial score (nSPS) is 10.8. The number of aromatic amines is 1. The molecule has 0 radical (unpaired) electrons. The predicted molar refractivity (Wildman–Crippen MR) is 72.9 cm³/mol. The highest BCUT2D eigenvalue weighted by Gasteiger charge is 2.04. The van der Waals surface area contributed by atoms with Gasteiger partial charge in [-0.1, -0.05) is 19.4 Å². The molecule has 0 saturated carbocycles. The number of nitrogens with one attached hydrogen (secondary N) is 1. The molecule has 0 saturated heterocycles. The van der Waals surface area contributed by atoms with E-state index in [9.17, 15) is 4.79 Å². The summed E-state index contributed by atoms with van der Waals surface area (Å²) in [6.45, 7) is 2.13. The lowest BCUT2D eigenvalue weighted by molar-refractivity contribution is 0.925. The fourth-order valence-corrected chi connectivity index (χ4v) is 2.07. The summed E-state index contributed by atoms with van der Waals surface area (Å²) in [4.78, 5) is 16.5. The van der Waals surface area contributed by atoms with Crippen molar-refractivity contribution in [3.8, 4) is 0 Å². The van der Waals surface area contributed by atoms with E-state index in [1.54, 1.807) is 6.07 Å². The fraction of sp³-hybridized carbons (Fsp3) is 0.357. The van der Waals surface area contributed by atoms with Gasteiger partial charge < -0.3 is 9.88 Å². The highest BCUT2D eigenvalue weighted by molar-refractivity contribution is 5.85. The number of fused-ring (bicyclic) bond motifs is 1. The van der Waals surface area contributed by atoms with Crippen molar-refractivity contribution in [2.45, 2.75) is 19.8 Å². The Bertz CT molecular complexity index is 584. The number of hydrogen-bond acceptors (Lipinski definition) is 2. The van der Waals surface area contributed by atoms with Crippen LogP contribution in [0.15, 0.2) is 29.1 Å². The third-order valence-corrected chi connectivity index (χ3v) is 2.95. The molecule has 3 nitrogen and oxygen atoms in total. The average Bonchev–Trinajstić information content (AvgIpc) is 2.28. The van der Waals surface area contributed by atoms with Gasteiger partial charge in [0.1, 0.15) is 0 Å². The molecule has 0 amide bonds. The van der Waals surface area contributed by atoms with Gasteiger partial charge in [0.2, 0.25) is 5.56 Å². The maximum atomic E-state index is 11.6. The van der Waals surface area contributed by atoms with Crippen molar-refractivity contribution < 1.29 is 0 Å². The number of benzene rings is 1. The van der Waals surface area contributed by atoms with Crippen molar-refractivity contribution in [2.24, 2.45) is 0 Å². The molecule has 1 aromatic carbocycles. The van der Waals surface area contributed by atoms with Crippen molar-refractivity contribution in [3.05, 3.63) is 40.2 Å². The Morgan fingerprint density at radius 1 is 1.24 bits per heavy atom. The van der Waals surface area contributed by atoms with Crippen LogP contribution in [0.5, 0.6) is 0 Å². The first kappa shape index (κ1) is 11.7. The summed E-state index contributed by atoms with van der Waals surface area (Å²) in [7, 11) is 3.99. The van der Waals surface area contributed by atoms with Crippen LogP contribution >= 0.6 is 0 Å². The molecule has 0 atom stereocenters. The van der Waals surface area contributed by atoms with Gasteiger partial charge in [0.15, 0.2) is 0 Å². The van der Waals surface area contributed by atoms with Gasteiger partial charge >= 0.3 is 0 Å². The molecule has 0 aliphatic carbocycles. The molecule has 0 spiro atoms. The van der Waals surface area contributed by atoms with E-state index in [1.807, 2.05) is 25.1 Å². The van der Waals surface area contributed by atoms with Crippen LogP contribution in [0.4, 0.5) is 5.69 Å². The molecule has 90 valence electrons. The lowest BCUT2D eigenvalue weighted by atomic mass is 10.0. The summed E-state index contributed by atoms with van der Waals surface area (Å²) in [5.74, 6) is 0. The second-order valence-corrected chi connectivity index (χ2v) is 4.53. The lowest BCUT2D eigenvalue weighted by Crippen LogP contribution is -2.10. The first-order valence-electron chi connectivity index (χ1n) is 5.95. The zero-order valence-corrected chi connectivity index (χ0v) is 10.6. The Kier molecular flexibility index (Phi) is 3.18. The summed E-state index contributed by atoms with van der Waals surface area (Å²) in [6.07, 6.45) is 2.00. The van der Waals surface area contributed by atoms with E-state index in [-0.39, 0.29) is 5.56 Å². The molecule has 3 heteroatoms. The van der Waals surface area contributed by atoms with Crippen molar-refractivity contribution in [2.75, 3.05) is 19.0 Å². The van der Waals surface area contributed by atoms with Gasteiger partial charge in [-0.2, -0.15) is 0 Å². The van der Waals surface area contributed by atoms with Crippen LogP contribution in [-0.2, 0) is 6.42 Å². The highest BCUT2D eigenvalue weighted by Crippen LogP contribution is 2.21. The smallest absolute Gasteiger partial charge is 0.248 e. The molecule has 0 fully saturated rings. The third kappa shape index (κ3) is 2.33. The minimum atomic E-state index is -0.0168. The number of anilines is 1. The topological polar surface area (TPSA) is 36.1 Å². The van der Waals surface area contributed by atoms with E-state index in [1.165, 1.54) is 0 Å². The second-order valence-electron chi connectivity index (χ2n) is 4.53. The number of hydrogen-bond donors (Lipinski definition) is 1. The number of aryl methyl sites for hydroxylation is 1. The van der Waals surface area contributed by atoms with Gasteiger partial charge in [0, 0.05) is 31.2 Å². The van der Waals surface area contributed by atoms with Crippen molar-refractivity contribution in [1.29, 1.82) is 0 Å². The molecule has 0 aliphatic heterocycles. The van der Waals surface area contributed by atoms with Gasteiger partial charge in [-0.3, -0.25) is 4.79 Å². The standard InChI is InChI=1S/C14H18N2O/c1-4-5-10-8-14(17)15-13-9-11(16(2)3)6-7-12(10)13/h6-9H,4-5H2,1-3H3,(H,15,17). The van der Waals surface area contributed by atoms with E-state index in [0.29, 0.717) is 0 Å². The molecule has 0 aliphatic rings. The number of rotatable bonds is 3. The van der Waals surface area contributed by atoms with Crippen LogP contribution in [0.25, 0.3) is 10.9 Å². The molecule has 0 bridgehead atoms. The van der Waals surface area contributed by atoms with Crippen LogP contribution in [0.2, 0.25) is 0 Å². The summed E-state index contributed by atoms with van der Waals surface area (Å²) in [5.41, 5.74) is 3.14. The Labute approximate surface area is 101 Å². The van der Waals surface area contributed by atoms with Crippen molar-refractivity contribution in [3.63, 3.8) is 0 Å². The first-order valence-corrected chi connectivity index (χ1v) is 5.95. The van der Waals surface area contributed by atoms with E-state index < -0.39 is 0 Å². The van der Waals surface area contributed by atoms with Gasteiger partial charge in [0.25, 0.3) is 0 Å². The van der Waals surface area contributed by atoms with Gasteiger partial charge in [0.05, 0.1) is 5.52 Å². The lowest BCUT2D eigenvalue weighted by Gasteiger charge is -2.14. The Morgan fingerprint density at radius 2 is 2.00 bits per heavy atom. The van der Waals surface area contributed by atoms with Crippen LogP contribution < -0.4 is 10.5 Å². The Balaban J connectivity index is 2.66. The third-order valence-electron chi connectivity index (χ3n) is 2.95. The zero-order valence-electron chi connectivity index (χ0n) is 10.6. The van der Waals surface area contributed by atoms with Crippen molar-refractivity contribution >= 4 is 16.6 Å². The van der Waals surface area contributed by atoms with E-state index in [0.717, 1.165) is 35.0 Å². The number of aromatic nitrogens is 1. The Morgan fingerprint density at radius 3 is 2.65 bits per heavy atom. The van der Waals surface area contributed by atoms with E-state index in [4.69, 9.17) is 0 Å². The predicted octanol–water partition coefficient (Wildman–Crippen LogP) is 2.55. The van der Waals surface area contributed by atoms with Crippen LogP contribution in [-0.4, -0.2) is 19.1 Å². The zero-order chi connectivity index (χ0) is 12.4. The molecule has 0 unspecified atom stereocenters. The number of pyridine rings is 1. The molecule has 1 heterocycles. The molecular formula is C14H18N2O. The van der Waals surface area contributed by atoms with E-state index in [2.05, 4.69) is 24.0 Å². The monoisotopic (exact) mass is 230 g/mol. The maximum absolute atomic E-state index is 11.6. The van der Waals surface area contributed by atoms with Crippen LogP contribution in [0.3, 0.4) is 0 Å². The first-order chi connectivity index (χ1) is 8.11. The average molecular weight is 230 g/mol. The van der Waals surface area contributed by atoms with Gasteiger partial charge in [-0.25, -0.2) is 0 Å². The maximum Gasteiger partial charge on any atom is 0.248 e. The SMILES string of the molecule is CCCc1cc(=O)[nH]c2cc(N(C)C)ccc12. The highest BCUT2D eigenvalue weighted by atomic mass is 16.1. The van der Waals surface area contributed by atoms with E-state index >= 15 is 0 Å². The minimum absolute atomic E-state index is 0.0168. The molecule has 1 N–H and O–H groups in total.